The molecular formula is C110H135BrN14O23. The van der Waals surface area contributed by atoms with Crippen LogP contribution in [0.25, 0.3) is 0 Å². The van der Waals surface area contributed by atoms with Crippen molar-refractivity contribution < 1.29 is 109 Å². The molecule has 148 heavy (non-hydrogen) atoms. The summed E-state index contributed by atoms with van der Waals surface area (Å²) in [6, 6.07) is 25.0. The second-order valence-corrected chi connectivity index (χ2v) is 36.1. The zero-order chi connectivity index (χ0) is 103. The summed E-state index contributed by atoms with van der Waals surface area (Å²) in [5.41, 5.74) is 19.4. The van der Waals surface area contributed by atoms with Gasteiger partial charge < -0.3 is 118 Å². The van der Waals surface area contributed by atoms with Gasteiger partial charge in [0, 0.05) is 138 Å². The number of alkyl halides is 1. The van der Waals surface area contributed by atoms with Crippen LogP contribution in [0.4, 0.5) is 22.7 Å². The van der Waals surface area contributed by atoms with Crippen molar-refractivity contribution in [3.8, 4) is 58.2 Å². The van der Waals surface area contributed by atoms with Crippen molar-refractivity contribution in [1.82, 2.24) is 46.2 Å². The summed E-state index contributed by atoms with van der Waals surface area (Å²) in [5, 5.41) is 13.9. The van der Waals surface area contributed by atoms with Gasteiger partial charge in [-0.1, -0.05) is 103 Å². The molecule has 8 heterocycles. The van der Waals surface area contributed by atoms with E-state index in [4.69, 9.17) is 72.0 Å². The number of benzene rings is 6. The molecule has 9 amide bonds. The predicted octanol–water partition coefficient (Wildman–Crippen LogP) is 10.9. The van der Waals surface area contributed by atoms with Crippen LogP contribution < -0.4 is 60.7 Å². The van der Waals surface area contributed by atoms with Crippen LogP contribution in [0.1, 0.15) is 152 Å². The Balaban J connectivity index is 0.000000278. The summed E-state index contributed by atoms with van der Waals surface area (Å²) in [7, 11) is 3.05. The lowest BCUT2D eigenvalue weighted by atomic mass is 10.1. The van der Waals surface area contributed by atoms with E-state index in [1.54, 1.807) is 68.4 Å². The Morgan fingerprint density at radius 3 is 0.959 bits per heavy atom. The number of methoxy groups -OCH3 is 2. The number of ether oxygens (including phenoxy) is 14. The maximum Gasteiger partial charge on any atom is 0.257 e. The van der Waals surface area contributed by atoms with E-state index in [1.165, 1.54) is 14.2 Å². The molecule has 0 aromatic heterocycles. The first-order chi connectivity index (χ1) is 70.9. The number of nitrogens with one attached hydrogen (secondary N) is 5. The van der Waals surface area contributed by atoms with Crippen molar-refractivity contribution in [2.45, 2.75) is 131 Å². The fourth-order valence-corrected chi connectivity index (χ4v) is 17.1. The molecule has 14 rings (SSSR count). The van der Waals surface area contributed by atoms with Crippen LogP contribution in [0.5, 0.6) is 34.5 Å². The quantitative estimate of drug-likeness (QED) is 0.00894. The third kappa shape index (κ3) is 33.9. The number of hydrogen-bond donors (Lipinski definition) is 6. The zero-order valence-electron chi connectivity index (χ0n) is 83.0. The van der Waals surface area contributed by atoms with Crippen molar-refractivity contribution in [3.05, 3.63) is 200 Å². The van der Waals surface area contributed by atoms with Gasteiger partial charge in [-0.15, -0.1) is 0 Å². The Morgan fingerprint density at radius 2 is 0.642 bits per heavy atom. The van der Waals surface area contributed by atoms with Crippen LogP contribution >= 0.6 is 15.9 Å². The summed E-state index contributed by atoms with van der Waals surface area (Å²) in [5.74, 6) is 13.9. The molecule has 0 aliphatic carbocycles. The van der Waals surface area contributed by atoms with Crippen molar-refractivity contribution in [2.75, 3.05) is 191 Å². The number of aryl methyl sites for hydroxylation is 2. The van der Waals surface area contributed by atoms with Crippen LogP contribution in [0.2, 0.25) is 0 Å². The third-order valence-electron chi connectivity index (χ3n) is 24.2. The van der Waals surface area contributed by atoms with Gasteiger partial charge in [0.2, 0.25) is 29.5 Å². The second-order valence-electron chi connectivity index (χ2n) is 35.5. The van der Waals surface area contributed by atoms with E-state index >= 15 is 0 Å². The van der Waals surface area contributed by atoms with Crippen LogP contribution in [0.15, 0.2) is 154 Å². The van der Waals surface area contributed by atoms with E-state index in [2.05, 4.69) is 112 Å². The molecule has 4 fully saturated rings. The van der Waals surface area contributed by atoms with E-state index < -0.39 is 0 Å². The van der Waals surface area contributed by atoms with E-state index in [1.807, 2.05) is 74.8 Å². The SMILES string of the molecule is C.C.C=C1C[C@H]2C=Nc3cc(OCc4cc(C#CCNC(=O)CCOCCOCCOCCOCCNC(=O)CCN)cc(COc5cc6c(cc5OC)C(=O)N5CC(=C)C[C@H]5C=N6)c4)c(C)cc3C(=O)N2C1.C=C1C[C@H]2C=Nc3cc(OCc4cc(C#CCNC(=O)CCOCCOCCOCCOCCNC(=O)CCNC(=O)CBr)cc(COc5cc6c(cc5OC)C(=O)N5CC(=C)C[C@H]5C=N6)c4)c(C)cc3C(=O)N2C1. The molecule has 38 heteroatoms. The number of carbonyl (C=O) groups is 9. The Hall–Kier alpha value is -13.8. The van der Waals surface area contributed by atoms with Gasteiger partial charge >= 0.3 is 0 Å². The number of nitrogens with zero attached hydrogens (tertiary/aromatic N) is 8. The van der Waals surface area contributed by atoms with E-state index in [0.29, 0.717) is 261 Å². The van der Waals surface area contributed by atoms with E-state index in [9.17, 15) is 43.2 Å². The molecule has 37 nitrogen and oxygen atoms in total. The van der Waals surface area contributed by atoms with Crippen LogP contribution in [0.3, 0.4) is 0 Å². The minimum absolute atomic E-state index is 0. The van der Waals surface area contributed by atoms with E-state index in [-0.39, 0.29) is 176 Å². The molecule has 0 bridgehead atoms. The lowest BCUT2D eigenvalue weighted by molar-refractivity contribution is -0.123. The second kappa shape index (κ2) is 58.7. The van der Waals surface area contributed by atoms with Gasteiger partial charge in [0.25, 0.3) is 23.6 Å². The first-order valence-electron chi connectivity index (χ1n) is 48.6. The van der Waals surface area contributed by atoms with Gasteiger partial charge in [-0.25, -0.2) is 0 Å². The lowest BCUT2D eigenvalue weighted by Crippen LogP contribution is -2.35. The lowest BCUT2D eigenvalue weighted by Gasteiger charge is -2.20. The molecule has 4 saturated heterocycles. The summed E-state index contributed by atoms with van der Waals surface area (Å²) >= 11 is 3.05. The number of aliphatic imine (C=N–C) groups is 4. The van der Waals surface area contributed by atoms with Crippen LogP contribution in [-0.2, 0) is 88.3 Å². The molecule has 0 spiro atoms. The first kappa shape index (κ1) is 115. The topological polar surface area (TPSA) is 431 Å². The highest BCUT2D eigenvalue weighted by molar-refractivity contribution is 9.09. The maximum absolute atomic E-state index is 13.6. The Morgan fingerprint density at radius 1 is 0.358 bits per heavy atom. The molecule has 0 saturated carbocycles. The summed E-state index contributed by atoms with van der Waals surface area (Å²) < 4.78 is 81.0. The van der Waals surface area contributed by atoms with Crippen LogP contribution in [0, 0.1) is 37.5 Å². The van der Waals surface area contributed by atoms with Crippen molar-refractivity contribution in [3.63, 3.8) is 0 Å². The number of nitrogens with two attached hydrogens (primary N) is 1. The Kier molecular flexibility index (Phi) is 45.4. The fraction of sp³-hybridized carbons (Fsp3) is 0.445. The van der Waals surface area contributed by atoms with Gasteiger partial charge in [0.1, 0.15) is 37.9 Å². The number of amides is 9. The monoisotopic (exact) mass is 2100 g/mol. The molecule has 7 N–H and O–H groups in total. The van der Waals surface area contributed by atoms with Gasteiger partial charge in [0.15, 0.2) is 23.0 Å². The normalized spacial score (nSPS) is 16.2. The first-order valence-corrected chi connectivity index (χ1v) is 49.8. The summed E-state index contributed by atoms with van der Waals surface area (Å²) in [6.07, 6.45) is 10.7. The van der Waals surface area contributed by atoms with Gasteiger partial charge in [-0.05, 0) is 134 Å². The maximum atomic E-state index is 13.6. The highest BCUT2D eigenvalue weighted by Crippen LogP contribution is 2.43. The smallest absolute Gasteiger partial charge is 0.257 e. The average Bonchev–Trinajstić information content (AvgIpc) is 1.62. The van der Waals surface area contributed by atoms with Crippen molar-refractivity contribution in [2.24, 2.45) is 25.7 Å². The molecule has 0 radical (unpaired) electrons. The van der Waals surface area contributed by atoms with Gasteiger partial charge in [0.05, 0.1) is 208 Å². The number of halogens is 1. The van der Waals surface area contributed by atoms with Crippen LogP contribution in [-0.4, -0.2) is 312 Å². The fourth-order valence-electron chi connectivity index (χ4n) is 16.9. The largest absolute Gasteiger partial charge is 0.493 e. The van der Waals surface area contributed by atoms with Crippen molar-refractivity contribution in [1.29, 1.82) is 0 Å². The van der Waals surface area contributed by atoms with Gasteiger partial charge in [-0.2, -0.15) is 0 Å². The van der Waals surface area contributed by atoms with Crippen molar-refractivity contribution >= 4 is 117 Å². The number of hydrogen-bond acceptors (Lipinski definition) is 28. The molecule has 8 aliphatic heterocycles. The molecule has 790 valence electrons. The Bertz CT molecular complexity index is 6040. The minimum atomic E-state index is -0.213. The molecule has 4 atom stereocenters. The zero-order valence-corrected chi connectivity index (χ0v) is 84.6. The molecule has 0 unspecified atom stereocenters. The molecule has 8 aliphatic rings. The van der Waals surface area contributed by atoms with E-state index in [0.717, 1.165) is 55.7 Å². The third-order valence-corrected chi connectivity index (χ3v) is 24.7. The average molecular weight is 2100 g/mol. The Labute approximate surface area is 873 Å². The minimum Gasteiger partial charge on any atom is -0.493 e. The number of fused-ring (bicyclic) bond motifs is 8. The molecule has 6 aromatic rings. The number of carbonyl (C=O) groups excluding carboxylic acids is 9. The predicted molar refractivity (Wildman–Crippen MR) is 566 cm³/mol. The summed E-state index contributed by atoms with van der Waals surface area (Å²) in [6.45, 7) is 29.9. The standard InChI is InChI=1S/C55H64BrN7O12.C53H63N7O11.2CH4/c1-36-20-42-30-60-46-27-48(38(3)22-44(46)54(67)62(42)32-36)74-34-40-23-39(24-41(25-40)35-75-50-28-47-45(26-49(50)69-4)55(68)63-33-37(2)21-43(63)31-61-47)6-5-9-57-52(65)8-12-70-14-16-72-18-19-73-17-15-71-13-11-59-51(64)7-10-58-53(66)29-56;1-35-20-41-29-57-45-27-47(37(3)22-43(45)52(63)59(41)31-35)70-33-39-23-38(6-5-10-55-51(62)8-12-66-14-16-68-18-19-69-17-15-67-13-11-56-50(61)7-9-54)24-40(25-39)34-71-49-28-46-44(26-48(49)65-4)53(64)60-32-36(2)21-42(60)30-58-46;;/h22-28,30-31,42-43H,1-2,7-21,29,32-35H2,3-4H3,(H,57,65)(H,58,66)(H,59,64);22-30,41-42H,1-2,7-21,31-34,54H2,3-4H3,(H,55,62)(H,56,61);2*1H4/t42-,43-;41-,42-;;/m00../s1. The molecule has 6 aromatic carbocycles. The highest BCUT2D eigenvalue weighted by atomic mass is 79.9. The highest BCUT2D eigenvalue weighted by Gasteiger charge is 2.39. The molecular weight excluding hydrogens is 1970 g/mol. The number of rotatable bonds is 52. The van der Waals surface area contributed by atoms with Gasteiger partial charge in [-0.3, -0.25) is 63.1 Å². The summed E-state index contributed by atoms with van der Waals surface area (Å²) in [4.78, 5) is 140.